The maximum absolute atomic E-state index is 14.1. The summed E-state index contributed by atoms with van der Waals surface area (Å²) in [5, 5.41) is 22.1. The summed E-state index contributed by atoms with van der Waals surface area (Å²) in [6.45, 7) is 3.09. The van der Waals surface area contributed by atoms with Crippen LogP contribution in [0.4, 0.5) is 15.8 Å². The van der Waals surface area contributed by atoms with E-state index in [4.69, 9.17) is 21.7 Å². The van der Waals surface area contributed by atoms with Gasteiger partial charge < -0.3 is 10.2 Å². The molecule has 0 aliphatic heterocycles. The van der Waals surface area contributed by atoms with Gasteiger partial charge in [-0.2, -0.15) is 5.26 Å². The highest BCUT2D eigenvalue weighted by Crippen LogP contribution is 2.31. The number of nitrogens with one attached hydrogen (secondary N) is 2. The van der Waals surface area contributed by atoms with E-state index in [-0.39, 0.29) is 22.0 Å². The van der Waals surface area contributed by atoms with Gasteiger partial charge >= 0.3 is 0 Å². The second-order valence-corrected chi connectivity index (χ2v) is 6.34. The number of nitro groups is 1. The number of para-hydroxylation sites is 1. The van der Waals surface area contributed by atoms with Crippen LogP contribution in [0.5, 0.6) is 5.75 Å². The third-order valence-electron chi connectivity index (χ3n) is 3.31. The van der Waals surface area contributed by atoms with Crippen molar-refractivity contribution in [3.8, 4) is 11.8 Å². The van der Waals surface area contributed by atoms with Crippen LogP contribution in [0, 0.1) is 27.3 Å². The molecular weight excluding hydrogens is 379 g/mol. The van der Waals surface area contributed by atoms with Gasteiger partial charge in [0.25, 0.3) is 11.6 Å². The first kappa shape index (κ1) is 20.1. The normalized spacial score (nSPS) is 10.8. The van der Waals surface area contributed by atoms with Crippen LogP contribution in [-0.4, -0.2) is 16.4 Å². The van der Waals surface area contributed by atoms with Crippen molar-refractivity contribution in [3.05, 3.63) is 62.9 Å². The molecule has 0 aromatic heterocycles. The number of nitrogens with zero attached hydrogens (tertiary/aromatic N) is 2. The van der Waals surface area contributed by atoms with Crippen molar-refractivity contribution >= 4 is 28.9 Å². The number of hydroxylamine groups is 1. The zero-order chi connectivity index (χ0) is 20.2. The van der Waals surface area contributed by atoms with Gasteiger partial charge in [0.1, 0.15) is 16.9 Å². The van der Waals surface area contributed by atoms with Gasteiger partial charge in [-0.3, -0.25) is 14.9 Å². The van der Waals surface area contributed by atoms with E-state index in [0.29, 0.717) is 0 Å². The molecule has 0 radical (unpaired) electrons. The number of benzene rings is 2. The molecule has 0 saturated carbocycles. The first-order valence-electron chi connectivity index (χ1n) is 7.53. The number of hydrogen-bond donors (Lipinski definition) is 2. The maximum atomic E-state index is 14.1. The van der Waals surface area contributed by atoms with E-state index < -0.39 is 27.9 Å². The molecule has 140 valence electrons. The van der Waals surface area contributed by atoms with Gasteiger partial charge in [0.15, 0.2) is 5.75 Å². The maximum Gasteiger partial charge on any atom is 0.282 e. The van der Waals surface area contributed by atoms with Crippen molar-refractivity contribution in [2.45, 2.75) is 19.4 Å². The molecule has 0 atom stereocenters. The molecule has 0 heterocycles. The van der Waals surface area contributed by atoms with E-state index in [1.807, 2.05) is 6.07 Å². The van der Waals surface area contributed by atoms with E-state index in [0.717, 1.165) is 18.2 Å². The quantitative estimate of drug-likeness (QED) is 0.570. The molecule has 10 heteroatoms. The van der Waals surface area contributed by atoms with Crippen LogP contribution >= 0.6 is 11.6 Å². The minimum absolute atomic E-state index is 0.0424. The number of carbonyl (C=O) groups is 1. The molecule has 0 fully saturated rings. The molecule has 2 aromatic rings. The first-order chi connectivity index (χ1) is 12.6. The first-order valence-corrected chi connectivity index (χ1v) is 7.91. The zero-order valence-corrected chi connectivity index (χ0v) is 15.0. The fourth-order valence-corrected chi connectivity index (χ4v) is 2.11. The van der Waals surface area contributed by atoms with Gasteiger partial charge in [-0.25, -0.2) is 4.39 Å². The topological polar surface area (TPSA) is 117 Å². The summed E-state index contributed by atoms with van der Waals surface area (Å²) in [4.78, 5) is 27.9. The number of amides is 1. The Morgan fingerprint density at radius 1 is 1.37 bits per heavy atom. The lowest BCUT2D eigenvalue weighted by Gasteiger charge is -2.19. The molecule has 0 bridgehead atoms. The Morgan fingerprint density at radius 3 is 2.67 bits per heavy atom. The summed E-state index contributed by atoms with van der Waals surface area (Å²) in [6.07, 6.45) is 0. The van der Waals surface area contributed by atoms with Gasteiger partial charge in [-0.15, -0.1) is 5.48 Å². The van der Waals surface area contributed by atoms with Crippen LogP contribution in [0.2, 0.25) is 5.02 Å². The number of carbonyl (C=O) groups excluding carboxylic acids is 1. The number of nitro benzene ring substituents is 1. The predicted octanol–water partition coefficient (Wildman–Crippen LogP) is 3.83. The van der Waals surface area contributed by atoms with Crippen LogP contribution in [0.15, 0.2) is 36.4 Å². The van der Waals surface area contributed by atoms with Crippen LogP contribution in [0.1, 0.15) is 24.2 Å². The van der Waals surface area contributed by atoms with Gasteiger partial charge in [0, 0.05) is 12.1 Å². The SMILES string of the molecule is CC(C)(C#N)NOc1cc(NC(=O)c2ccccc2[N+](=O)[O-])c(F)cc1Cl. The van der Waals surface area contributed by atoms with Gasteiger partial charge in [0.05, 0.1) is 21.7 Å². The van der Waals surface area contributed by atoms with Crippen molar-refractivity contribution in [2.75, 3.05) is 5.32 Å². The number of nitriles is 1. The summed E-state index contributed by atoms with van der Waals surface area (Å²) >= 11 is 5.90. The fraction of sp³-hybridized carbons (Fsp3) is 0.176. The number of anilines is 1. The third-order valence-corrected chi connectivity index (χ3v) is 3.61. The Morgan fingerprint density at radius 2 is 2.04 bits per heavy atom. The number of halogens is 2. The molecule has 2 N–H and O–H groups in total. The van der Waals surface area contributed by atoms with Crippen molar-refractivity contribution in [1.29, 1.82) is 5.26 Å². The average molecular weight is 393 g/mol. The Labute approximate surface area is 158 Å². The lowest BCUT2D eigenvalue weighted by molar-refractivity contribution is -0.385. The molecule has 0 spiro atoms. The van der Waals surface area contributed by atoms with E-state index >= 15 is 0 Å². The standard InChI is InChI=1S/C17H14ClFN4O4/c1-17(2,9-20)22-27-15-8-13(12(19)7-11(15)18)21-16(24)10-5-3-4-6-14(10)23(25)26/h3-8,22H,1-2H3,(H,21,24). The van der Waals surface area contributed by atoms with E-state index in [1.54, 1.807) is 13.8 Å². The van der Waals surface area contributed by atoms with Crippen LogP contribution in [-0.2, 0) is 0 Å². The highest BCUT2D eigenvalue weighted by molar-refractivity contribution is 6.32. The van der Waals surface area contributed by atoms with Gasteiger partial charge in [-0.05, 0) is 26.0 Å². The summed E-state index contributed by atoms with van der Waals surface area (Å²) in [5.41, 5.74) is 0.453. The molecule has 27 heavy (non-hydrogen) atoms. The molecule has 0 unspecified atom stereocenters. The smallest absolute Gasteiger partial charge is 0.282 e. The van der Waals surface area contributed by atoms with Gasteiger partial charge in [-0.1, -0.05) is 23.7 Å². The van der Waals surface area contributed by atoms with Crippen molar-refractivity contribution in [3.63, 3.8) is 0 Å². The summed E-state index contributed by atoms with van der Waals surface area (Å²) in [6, 6.07) is 9.22. The Hall–Kier alpha value is -3.22. The molecule has 2 aromatic carbocycles. The Kier molecular flexibility index (Phi) is 5.95. The number of hydrogen-bond acceptors (Lipinski definition) is 6. The second kappa shape index (κ2) is 7.99. The molecule has 2 rings (SSSR count). The zero-order valence-electron chi connectivity index (χ0n) is 14.2. The van der Waals surface area contributed by atoms with Crippen LogP contribution < -0.4 is 15.6 Å². The monoisotopic (exact) mass is 392 g/mol. The Bertz CT molecular complexity index is 943. The van der Waals surface area contributed by atoms with E-state index in [2.05, 4.69) is 10.8 Å². The predicted molar refractivity (Wildman–Crippen MR) is 95.9 cm³/mol. The highest BCUT2D eigenvalue weighted by Gasteiger charge is 2.22. The lowest BCUT2D eigenvalue weighted by atomic mass is 10.1. The van der Waals surface area contributed by atoms with E-state index in [1.165, 1.54) is 18.2 Å². The fourth-order valence-electron chi connectivity index (χ4n) is 1.92. The highest BCUT2D eigenvalue weighted by atomic mass is 35.5. The van der Waals surface area contributed by atoms with Crippen LogP contribution in [0.3, 0.4) is 0 Å². The number of rotatable bonds is 6. The van der Waals surface area contributed by atoms with E-state index in [9.17, 15) is 19.3 Å². The Balaban J connectivity index is 2.29. The minimum Gasteiger partial charge on any atom is -0.406 e. The largest absolute Gasteiger partial charge is 0.406 e. The van der Waals surface area contributed by atoms with Gasteiger partial charge in [0.2, 0.25) is 0 Å². The molecular formula is C17H14ClFN4O4. The molecule has 0 saturated heterocycles. The minimum atomic E-state index is -1.05. The van der Waals surface area contributed by atoms with Crippen molar-refractivity contribution in [1.82, 2.24) is 5.48 Å². The summed E-state index contributed by atoms with van der Waals surface area (Å²) in [5.74, 6) is -1.78. The van der Waals surface area contributed by atoms with Crippen molar-refractivity contribution in [2.24, 2.45) is 0 Å². The van der Waals surface area contributed by atoms with Crippen LogP contribution in [0.25, 0.3) is 0 Å². The molecule has 8 nitrogen and oxygen atoms in total. The lowest BCUT2D eigenvalue weighted by Crippen LogP contribution is -2.40. The average Bonchev–Trinajstić information content (AvgIpc) is 2.62. The third kappa shape index (κ3) is 4.91. The molecule has 0 aliphatic rings. The van der Waals surface area contributed by atoms with Crippen molar-refractivity contribution < 1.29 is 18.9 Å². The summed E-state index contributed by atoms with van der Waals surface area (Å²) in [7, 11) is 0. The second-order valence-electron chi connectivity index (χ2n) is 5.93. The molecule has 1 amide bonds. The summed E-state index contributed by atoms with van der Waals surface area (Å²) < 4.78 is 14.1. The molecule has 0 aliphatic carbocycles.